The molecule has 0 aliphatic heterocycles. The first-order valence-electron chi connectivity index (χ1n) is 5.59. The molecule has 1 aliphatic carbocycles. The number of ketones is 1. The number of nitrogens with zero attached hydrogens (tertiary/aromatic N) is 2. The molecule has 1 aliphatic rings. The minimum atomic E-state index is 0.249. The number of Topliss-reactive ketones (excluding diaryl/α,β-unsaturated/α-hetero) is 1. The molecule has 0 atom stereocenters. The first kappa shape index (κ1) is 10.3. The number of aromatic nitrogens is 2. The second-order valence-electron chi connectivity index (χ2n) is 4.19. The van der Waals surface area contributed by atoms with E-state index in [2.05, 4.69) is 10.2 Å². The van der Waals surface area contributed by atoms with Gasteiger partial charge in [0.05, 0.1) is 11.4 Å². The van der Waals surface area contributed by atoms with Gasteiger partial charge in [0.15, 0.2) is 5.78 Å². The second kappa shape index (κ2) is 4.09. The smallest absolute Gasteiger partial charge is 0.167 e. The summed E-state index contributed by atoms with van der Waals surface area (Å²) in [6, 6.07) is 1.88. The lowest BCUT2D eigenvalue weighted by Crippen LogP contribution is -2.23. The highest BCUT2D eigenvalue weighted by Crippen LogP contribution is 2.30. The van der Waals surface area contributed by atoms with Crippen LogP contribution >= 0.6 is 0 Å². The van der Waals surface area contributed by atoms with Gasteiger partial charge in [0, 0.05) is 11.5 Å². The Kier molecular flexibility index (Phi) is 2.80. The molecular formula is C12H16N2O. The van der Waals surface area contributed by atoms with E-state index in [0.717, 1.165) is 36.2 Å². The fourth-order valence-corrected chi connectivity index (χ4v) is 1.88. The maximum atomic E-state index is 12.1. The Morgan fingerprint density at radius 2 is 2.20 bits per heavy atom. The lowest BCUT2D eigenvalue weighted by Gasteiger charge is -2.24. The highest BCUT2D eigenvalue weighted by atomic mass is 16.1. The number of hydrogen-bond acceptors (Lipinski definition) is 3. The molecule has 1 heterocycles. The number of rotatable bonds is 3. The molecule has 0 amide bonds. The van der Waals surface area contributed by atoms with Crippen LogP contribution in [0, 0.1) is 12.8 Å². The van der Waals surface area contributed by atoms with Crippen LogP contribution in [0.3, 0.4) is 0 Å². The van der Waals surface area contributed by atoms with E-state index in [1.165, 1.54) is 6.42 Å². The standard InChI is InChI=1S/C12H16N2O/c1-3-11-10(7-8(2)13-14-11)12(15)9-5-4-6-9/h7,9H,3-6H2,1-2H3. The summed E-state index contributed by atoms with van der Waals surface area (Å²) in [5, 5.41) is 8.08. The molecule has 0 spiro atoms. The molecule has 0 aromatic carbocycles. The minimum Gasteiger partial charge on any atom is -0.294 e. The van der Waals surface area contributed by atoms with E-state index < -0.39 is 0 Å². The van der Waals surface area contributed by atoms with E-state index >= 15 is 0 Å². The van der Waals surface area contributed by atoms with Gasteiger partial charge in [0.25, 0.3) is 0 Å². The van der Waals surface area contributed by atoms with Gasteiger partial charge < -0.3 is 0 Å². The highest BCUT2D eigenvalue weighted by Gasteiger charge is 2.28. The second-order valence-corrected chi connectivity index (χ2v) is 4.19. The van der Waals surface area contributed by atoms with Crippen molar-refractivity contribution in [2.45, 2.75) is 39.5 Å². The molecular weight excluding hydrogens is 188 g/mol. The number of carbonyl (C=O) groups excluding carboxylic acids is 1. The van der Waals surface area contributed by atoms with Crippen molar-refractivity contribution in [3.05, 3.63) is 23.0 Å². The molecule has 1 aromatic heterocycles. The van der Waals surface area contributed by atoms with Crippen molar-refractivity contribution in [2.24, 2.45) is 5.92 Å². The predicted octanol–water partition coefficient (Wildman–Crippen LogP) is 2.33. The third-order valence-corrected chi connectivity index (χ3v) is 3.07. The van der Waals surface area contributed by atoms with Crippen LogP contribution in [0.2, 0.25) is 0 Å². The molecule has 80 valence electrons. The van der Waals surface area contributed by atoms with Gasteiger partial charge in [-0.2, -0.15) is 10.2 Å². The van der Waals surface area contributed by atoms with Crippen LogP contribution < -0.4 is 0 Å². The molecule has 0 radical (unpaired) electrons. The maximum absolute atomic E-state index is 12.1. The average Bonchev–Trinajstić information content (AvgIpc) is 2.15. The molecule has 0 bridgehead atoms. The van der Waals surface area contributed by atoms with E-state index in [1.807, 2.05) is 19.9 Å². The highest BCUT2D eigenvalue weighted by molar-refractivity contribution is 5.99. The fourth-order valence-electron chi connectivity index (χ4n) is 1.88. The molecule has 1 fully saturated rings. The van der Waals surface area contributed by atoms with Gasteiger partial charge in [-0.3, -0.25) is 4.79 Å². The summed E-state index contributed by atoms with van der Waals surface area (Å²) in [5.74, 6) is 0.523. The van der Waals surface area contributed by atoms with Crippen molar-refractivity contribution >= 4 is 5.78 Å². The number of hydrogen-bond donors (Lipinski definition) is 0. The summed E-state index contributed by atoms with van der Waals surface area (Å²) in [4.78, 5) is 12.1. The van der Waals surface area contributed by atoms with Crippen molar-refractivity contribution in [1.82, 2.24) is 10.2 Å². The first-order chi connectivity index (χ1) is 7.22. The molecule has 1 aromatic rings. The molecule has 0 N–H and O–H groups in total. The van der Waals surface area contributed by atoms with Gasteiger partial charge in [0.1, 0.15) is 0 Å². The lowest BCUT2D eigenvalue weighted by molar-refractivity contribution is 0.0853. The predicted molar refractivity (Wildman–Crippen MR) is 57.8 cm³/mol. The topological polar surface area (TPSA) is 42.9 Å². The molecule has 0 unspecified atom stereocenters. The van der Waals surface area contributed by atoms with Gasteiger partial charge in [0.2, 0.25) is 0 Å². The molecule has 3 nitrogen and oxygen atoms in total. The maximum Gasteiger partial charge on any atom is 0.167 e. The van der Waals surface area contributed by atoms with Gasteiger partial charge in [-0.15, -0.1) is 0 Å². The van der Waals surface area contributed by atoms with E-state index in [1.54, 1.807) is 0 Å². The summed E-state index contributed by atoms with van der Waals surface area (Å²) in [7, 11) is 0. The summed E-state index contributed by atoms with van der Waals surface area (Å²) in [6.45, 7) is 3.89. The minimum absolute atomic E-state index is 0.249. The zero-order valence-electron chi connectivity index (χ0n) is 9.29. The summed E-state index contributed by atoms with van der Waals surface area (Å²) >= 11 is 0. The van der Waals surface area contributed by atoms with Crippen LogP contribution in [0.5, 0.6) is 0 Å². The normalized spacial score (nSPS) is 16.1. The Balaban J connectivity index is 2.31. The van der Waals surface area contributed by atoms with Crippen molar-refractivity contribution in [2.75, 3.05) is 0 Å². The lowest BCUT2D eigenvalue weighted by atomic mass is 9.79. The monoisotopic (exact) mass is 204 g/mol. The zero-order valence-corrected chi connectivity index (χ0v) is 9.29. The van der Waals surface area contributed by atoms with Gasteiger partial charge in [-0.1, -0.05) is 13.3 Å². The summed E-state index contributed by atoms with van der Waals surface area (Å²) in [6.07, 6.45) is 4.06. The van der Waals surface area contributed by atoms with E-state index in [9.17, 15) is 4.79 Å². The Labute approximate surface area is 89.9 Å². The van der Waals surface area contributed by atoms with Gasteiger partial charge in [-0.25, -0.2) is 0 Å². The van der Waals surface area contributed by atoms with Gasteiger partial charge in [-0.05, 0) is 32.3 Å². The summed E-state index contributed by atoms with van der Waals surface area (Å²) in [5.41, 5.74) is 2.47. The third kappa shape index (κ3) is 1.91. The van der Waals surface area contributed by atoms with Crippen molar-refractivity contribution in [1.29, 1.82) is 0 Å². The Morgan fingerprint density at radius 3 is 2.73 bits per heavy atom. The Morgan fingerprint density at radius 1 is 1.47 bits per heavy atom. The quantitative estimate of drug-likeness (QED) is 0.710. The van der Waals surface area contributed by atoms with Crippen LogP contribution in [0.1, 0.15) is 47.9 Å². The molecule has 1 saturated carbocycles. The summed E-state index contributed by atoms with van der Waals surface area (Å²) < 4.78 is 0. The van der Waals surface area contributed by atoms with Crippen LogP contribution in [-0.4, -0.2) is 16.0 Å². The van der Waals surface area contributed by atoms with Crippen molar-refractivity contribution in [3.63, 3.8) is 0 Å². The zero-order chi connectivity index (χ0) is 10.8. The third-order valence-electron chi connectivity index (χ3n) is 3.07. The van der Waals surface area contributed by atoms with Crippen LogP contribution in [0.15, 0.2) is 6.07 Å². The molecule has 15 heavy (non-hydrogen) atoms. The van der Waals surface area contributed by atoms with Gasteiger partial charge >= 0.3 is 0 Å². The molecule has 3 heteroatoms. The van der Waals surface area contributed by atoms with Crippen LogP contribution in [0.25, 0.3) is 0 Å². The Hall–Kier alpha value is -1.25. The fraction of sp³-hybridized carbons (Fsp3) is 0.583. The Bertz CT molecular complexity index is 383. The number of carbonyl (C=O) groups is 1. The first-order valence-corrected chi connectivity index (χ1v) is 5.59. The largest absolute Gasteiger partial charge is 0.294 e. The van der Waals surface area contributed by atoms with Crippen LogP contribution in [0.4, 0.5) is 0 Å². The van der Waals surface area contributed by atoms with E-state index in [4.69, 9.17) is 0 Å². The SMILES string of the molecule is CCc1nnc(C)cc1C(=O)C1CCC1. The number of aryl methyl sites for hydroxylation is 2. The van der Waals surface area contributed by atoms with E-state index in [0.29, 0.717) is 0 Å². The van der Waals surface area contributed by atoms with Crippen molar-refractivity contribution in [3.8, 4) is 0 Å². The molecule has 2 rings (SSSR count). The van der Waals surface area contributed by atoms with Crippen LogP contribution in [-0.2, 0) is 6.42 Å². The molecule has 0 saturated heterocycles. The van der Waals surface area contributed by atoms with E-state index in [-0.39, 0.29) is 11.7 Å². The average molecular weight is 204 g/mol. The van der Waals surface area contributed by atoms with Crippen molar-refractivity contribution < 1.29 is 4.79 Å².